The van der Waals surface area contributed by atoms with Crippen molar-refractivity contribution >= 4 is 27.5 Å². The Morgan fingerprint density at radius 1 is 1.61 bits per heavy atom. The lowest BCUT2D eigenvalue weighted by atomic mass is 9.85. The van der Waals surface area contributed by atoms with Crippen LogP contribution >= 0.6 is 15.9 Å². The summed E-state index contributed by atoms with van der Waals surface area (Å²) < 4.78 is 6.19. The minimum absolute atomic E-state index is 0.0983. The summed E-state index contributed by atoms with van der Waals surface area (Å²) in [6.45, 7) is 4.61. The maximum atomic E-state index is 12.3. The van der Waals surface area contributed by atoms with Crippen LogP contribution in [0.5, 0.6) is 0 Å². The van der Waals surface area contributed by atoms with E-state index in [1.165, 1.54) is 0 Å². The zero-order valence-electron chi connectivity index (χ0n) is 10.5. The third-order valence-electron chi connectivity index (χ3n) is 3.48. The number of nitrogens with one attached hydrogen (secondary N) is 1. The Balaban J connectivity index is 2.19. The van der Waals surface area contributed by atoms with Crippen molar-refractivity contribution in [3.63, 3.8) is 0 Å². The van der Waals surface area contributed by atoms with Gasteiger partial charge in [0.25, 0.3) is 0 Å². The van der Waals surface area contributed by atoms with E-state index < -0.39 is 5.41 Å². The molecule has 0 aliphatic carbocycles. The van der Waals surface area contributed by atoms with Crippen molar-refractivity contribution in [3.8, 4) is 0 Å². The van der Waals surface area contributed by atoms with Gasteiger partial charge in [0, 0.05) is 10.5 Å². The van der Waals surface area contributed by atoms with E-state index >= 15 is 0 Å². The number of carbonyl (C=O) groups is 1. The average molecular weight is 313 g/mol. The minimum atomic E-state index is -0.664. The summed E-state index contributed by atoms with van der Waals surface area (Å²) >= 11 is 3.47. The van der Waals surface area contributed by atoms with E-state index in [1.54, 1.807) is 0 Å². The SMILES string of the molecule is Cc1cccc(NC(=O)C2(C)COCC2N)c1Br. The zero-order valence-corrected chi connectivity index (χ0v) is 12.1. The molecule has 0 saturated carbocycles. The molecule has 5 heteroatoms. The summed E-state index contributed by atoms with van der Waals surface area (Å²) in [5.41, 5.74) is 7.11. The minimum Gasteiger partial charge on any atom is -0.379 e. The third kappa shape index (κ3) is 2.30. The van der Waals surface area contributed by atoms with Crippen LogP contribution in [-0.2, 0) is 9.53 Å². The molecule has 1 aromatic carbocycles. The zero-order chi connectivity index (χ0) is 13.3. The van der Waals surface area contributed by atoms with Gasteiger partial charge in [0.1, 0.15) is 0 Å². The number of nitrogens with two attached hydrogens (primary N) is 1. The van der Waals surface area contributed by atoms with E-state index in [1.807, 2.05) is 32.0 Å². The van der Waals surface area contributed by atoms with Crippen LogP contribution in [0.3, 0.4) is 0 Å². The summed E-state index contributed by atoms with van der Waals surface area (Å²) in [5, 5.41) is 2.92. The lowest BCUT2D eigenvalue weighted by Gasteiger charge is -2.25. The number of amides is 1. The fourth-order valence-electron chi connectivity index (χ4n) is 1.93. The van der Waals surface area contributed by atoms with Crippen LogP contribution in [0.2, 0.25) is 0 Å². The van der Waals surface area contributed by atoms with E-state index in [2.05, 4.69) is 21.2 Å². The van der Waals surface area contributed by atoms with Crippen molar-refractivity contribution < 1.29 is 9.53 Å². The number of halogens is 1. The van der Waals surface area contributed by atoms with Crippen LogP contribution in [0.15, 0.2) is 22.7 Å². The fraction of sp³-hybridized carbons (Fsp3) is 0.462. The van der Waals surface area contributed by atoms with Crippen molar-refractivity contribution in [1.29, 1.82) is 0 Å². The van der Waals surface area contributed by atoms with E-state index in [-0.39, 0.29) is 11.9 Å². The van der Waals surface area contributed by atoms with Crippen LogP contribution in [0, 0.1) is 12.3 Å². The fourth-order valence-corrected chi connectivity index (χ4v) is 2.30. The molecule has 1 heterocycles. The van der Waals surface area contributed by atoms with E-state index in [0.717, 1.165) is 15.7 Å². The molecule has 0 spiro atoms. The van der Waals surface area contributed by atoms with Gasteiger partial charge in [-0.05, 0) is 41.4 Å². The molecule has 1 aliphatic rings. The molecule has 0 aromatic heterocycles. The van der Waals surface area contributed by atoms with E-state index in [4.69, 9.17) is 10.5 Å². The molecule has 1 aromatic rings. The highest BCUT2D eigenvalue weighted by atomic mass is 79.9. The molecule has 3 N–H and O–H groups in total. The molecule has 0 bridgehead atoms. The number of anilines is 1. The van der Waals surface area contributed by atoms with Gasteiger partial charge in [-0.15, -0.1) is 0 Å². The molecular weight excluding hydrogens is 296 g/mol. The quantitative estimate of drug-likeness (QED) is 0.878. The first-order valence-electron chi connectivity index (χ1n) is 5.85. The number of rotatable bonds is 2. The van der Waals surface area contributed by atoms with Gasteiger partial charge in [-0.2, -0.15) is 0 Å². The smallest absolute Gasteiger partial charge is 0.234 e. The molecule has 1 amide bonds. The first kappa shape index (κ1) is 13.5. The molecule has 2 unspecified atom stereocenters. The second-order valence-corrected chi connectivity index (χ2v) is 5.72. The lowest BCUT2D eigenvalue weighted by Crippen LogP contribution is -2.47. The summed E-state index contributed by atoms with van der Waals surface area (Å²) in [6.07, 6.45) is 0. The van der Waals surface area contributed by atoms with Crippen LogP contribution < -0.4 is 11.1 Å². The van der Waals surface area contributed by atoms with Crippen LogP contribution in [0.4, 0.5) is 5.69 Å². The van der Waals surface area contributed by atoms with Crippen LogP contribution in [-0.4, -0.2) is 25.2 Å². The summed E-state index contributed by atoms with van der Waals surface area (Å²) in [7, 11) is 0. The highest BCUT2D eigenvalue weighted by molar-refractivity contribution is 9.10. The molecular formula is C13H17BrN2O2. The Kier molecular flexibility index (Phi) is 3.75. The Morgan fingerprint density at radius 3 is 2.94 bits per heavy atom. The van der Waals surface area contributed by atoms with Gasteiger partial charge in [-0.1, -0.05) is 12.1 Å². The first-order valence-corrected chi connectivity index (χ1v) is 6.64. The van der Waals surface area contributed by atoms with Crippen molar-refractivity contribution in [2.45, 2.75) is 19.9 Å². The third-order valence-corrected chi connectivity index (χ3v) is 4.53. The molecule has 2 atom stereocenters. The molecule has 1 saturated heterocycles. The normalized spacial score (nSPS) is 27.2. The van der Waals surface area contributed by atoms with Gasteiger partial charge in [-0.3, -0.25) is 4.79 Å². The average Bonchev–Trinajstić information content (AvgIpc) is 2.67. The Bertz CT molecular complexity index is 478. The predicted octanol–water partition coefficient (Wildman–Crippen LogP) is 2.06. The number of hydrogen-bond donors (Lipinski definition) is 2. The highest BCUT2D eigenvalue weighted by Gasteiger charge is 2.44. The topological polar surface area (TPSA) is 64.3 Å². The monoisotopic (exact) mass is 312 g/mol. The number of carbonyl (C=O) groups excluding carboxylic acids is 1. The van der Waals surface area contributed by atoms with E-state index in [9.17, 15) is 4.79 Å². The predicted molar refractivity (Wildman–Crippen MR) is 74.4 cm³/mol. The number of aryl methyl sites for hydroxylation is 1. The number of hydrogen-bond acceptors (Lipinski definition) is 3. The second-order valence-electron chi connectivity index (χ2n) is 4.93. The van der Waals surface area contributed by atoms with E-state index in [0.29, 0.717) is 13.2 Å². The van der Waals surface area contributed by atoms with Crippen molar-refractivity contribution in [3.05, 3.63) is 28.2 Å². The summed E-state index contributed by atoms with van der Waals surface area (Å²) in [5.74, 6) is -0.0983. The second kappa shape index (κ2) is 4.99. The highest BCUT2D eigenvalue weighted by Crippen LogP contribution is 2.31. The van der Waals surface area contributed by atoms with Gasteiger partial charge in [0.05, 0.1) is 24.3 Å². The van der Waals surface area contributed by atoms with Gasteiger partial charge in [0.15, 0.2) is 0 Å². The maximum absolute atomic E-state index is 12.3. The van der Waals surface area contributed by atoms with Crippen LogP contribution in [0.25, 0.3) is 0 Å². The maximum Gasteiger partial charge on any atom is 0.234 e. The largest absolute Gasteiger partial charge is 0.379 e. The van der Waals surface area contributed by atoms with Crippen LogP contribution in [0.1, 0.15) is 12.5 Å². The van der Waals surface area contributed by atoms with Gasteiger partial charge in [-0.25, -0.2) is 0 Å². The summed E-state index contributed by atoms with van der Waals surface area (Å²) in [6, 6.07) is 5.48. The molecule has 0 radical (unpaired) electrons. The van der Waals surface area contributed by atoms with Crippen molar-refractivity contribution in [2.24, 2.45) is 11.1 Å². The molecule has 1 aliphatic heterocycles. The van der Waals surface area contributed by atoms with Crippen molar-refractivity contribution in [2.75, 3.05) is 18.5 Å². The Morgan fingerprint density at radius 2 is 2.33 bits per heavy atom. The molecule has 1 fully saturated rings. The van der Waals surface area contributed by atoms with Gasteiger partial charge >= 0.3 is 0 Å². The molecule has 18 heavy (non-hydrogen) atoms. The lowest BCUT2D eigenvalue weighted by molar-refractivity contribution is -0.125. The Labute approximate surface area is 115 Å². The van der Waals surface area contributed by atoms with Gasteiger partial charge < -0.3 is 15.8 Å². The number of benzene rings is 1. The van der Waals surface area contributed by atoms with Crippen molar-refractivity contribution in [1.82, 2.24) is 0 Å². The molecule has 98 valence electrons. The standard InChI is InChI=1S/C13H17BrN2O2/c1-8-4-3-5-9(11(8)14)16-12(17)13(2)7-18-6-10(13)15/h3-5,10H,6-7,15H2,1-2H3,(H,16,17). The Hall–Kier alpha value is -0.910. The number of ether oxygens (including phenoxy) is 1. The van der Waals surface area contributed by atoms with Gasteiger partial charge in [0.2, 0.25) is 5.91 Å². The summed E-state index contributed by atoms with van der Waals surface area (Å²) in [4.78, 5) is 12.3. The molecule has 4 nitrogen and oxygen atoms in total. The molecule has 2 rings (SSSR count). The first-order chi connectivity index (χ1) is 8.45.